The van der Waals surface area contributed by atoms with Gasteiger partial charge in [-0.2, -0.15) is 0 Å². The van der Waals surface area contributed by atoms with Crippen LogP contribution in [0.25, 0.3) is 0 Å². The van der Waals surface area contributed by atoms with Gasteiger partial charge in [0.05, 0.1) is 40.3 Å². The minimum Gasteiger partial charge on any atom is -0.545 e. The molecule has 2 atom stereocenters. The Balaban J connectivity index is 3.99. The van der Waals surface area contributed by atoms with Crippen LogP contribution in [0.1, 0.15) is 373 Å². The Morgan fingerprint density at radius 1 is 0.320 bits per heavy atom. The second kappa shape index (κ2) is 77.7. The first kappa shape index (κ1) is 93.0. The minimum atomic E-state index is -1.63. The van der Waals surface area contributed by atoms with Crippen molar-refractivity contribution in [2.75, 3.05) is 47.5 Å². The number of carbonyl (C=O) groups is 3. The fourth-order valence-electron chi connectivity index (χ4n) is 11.8. The average molecular weight is 1360 g/mol. The summed E-state index contributed by atoms with van der Waals surface area (Å²) >= 11 is 0. The number of hydrogen-bond acceptors (Lipinski definition) is 8. The molecule has 9 heteroatoms. The largest absolute Gasteiger partial charge is 0.545 e. The Kier molecular flexibility index (Phi) is 74.4. The maximum absolute atomic E-state index is 13.0. The van der Waals surface area contributed by atoms with Gasteiger partial charge in [-0.3, -0.25) is 9.59 Å². The lowest BCUT2D eigenvalue weighted by atomic mass is 10.0. The zero-order valence-electron chi connectivity index (χ0n) is 64.2. The number of hydrogen-bond donors (Lipinski definition) is 0. The Labute approximate surface area is 600 Å². The summed E-state index contributed by atoms with van der Waals surface area (Å²) in [6, 6.07) is 0. The smallest absolute Gasteiger partial charge is 0.306 e. The van der Waals surface area contributed by atoms with Crippen molar-refractivity contribution < 1.29 is 42.9 Å². The van der Waals surface area contributed by atoms with Gasteiger partial charge in [0.2, 0.25) is 0 Å². The average Bonchev–Trinajstić information content (AvgIpc) is 2.59. The summed E-state index contributed by atoms with van der Waals surface area (Å²) in [6.45, 7) is 4.66. The van der Waals surface area contributed by atoms with E-state index in [1.807, 2.05) is 21.1 Å². The number of carboxylic acid groups (broad SMARTS) is 1. The molecule has 0 spiro atoms. The van der Waals surface area contributed by atoms with E-state index >= 15 is 0 Å². The van der Waals surface area contributed by atoms with Crippen molar-refractivity contribution in [3.63, 3.8) is 0 Å². The van der Waals surface area contributed by atoms with Crippen LogP contribution in [0.2, 0.25) is 0 Å². The summed E-state index contributed by atoms with van der Waals surface area (Å²) in [5, 5.41) is 11.9. The molecule has 9 nitrogen and oxygen atoms in total. The van der Waals surface area contributed by atoms with E-state index in [0.717, 1.165) is 89.9 Å². The van der Waals surface area contributed by atoms with E-state index in [1.165, 1.54) is 250 Å². The second-order valence-corrected chi connectivity index (χ2v) is 28.7. The fraction of sp³-hybridized carbons (Fsp3) is 0.761. The SMILES string of the molecule is CC/C=C\C/C=C\C/C=C\C/C=C\C/C=C\C/C=C\CCCCCCCCCCCCCCCCC(=O)OC(COC(=O)CCCCCCCCCCCCCCCCCCCCCCCCCC/C=C\C/C=C\C/C=C\CCCCCCC)COC(OCC[N+](C)(C)C)C(=O)[O-]. The number of aliphatic carboxylic acids is 1. The molecule has 0 aromatic heterocycles. The van der Waals surface area contributed by atoms with Crippen molar-refractivity contribution in [3.05, 3.63) is 109 Å². The number of allylic oxidation sites excluding steroid dienone is 18. The summed E-state index contributed by atoms with van der Waals surface area (Å²) in [6.07, 6.45) is 106. The molecule has 2 unspecified atom stereocenters. The van der Waals surface area contributed by atoms with Crippen LogP contribution in [0, 0.1) is 0 Å². The number of rotatable bonds is 76. The monoisotopic (exact) mass is 1350 g/mol. The summed E-state index contributed by atoms with van der Waals surface area (Å²) in [4.78, 5) is 37.6. The van der Waals surface area contributed by atoms with Crippen LogP contribution in [-0.2, 0) is 33.3 Å². The van der Waals surface area contributed by atoms with Gasteiger partial charge >= 0.3 is 11.9 Å². The normalized spacial score (nSPS) is 13.2. The van der Waals surface area contributed by atoms with Crippen LogP contribution in [0.3, 0.4) is 0 Å². The maximum atomic E-state index is 13.0. The van der Waals surface area contributed by atoms with Crippen LogP contribution >= 0.6 is 0 Å². The predicted molar refractivity (Wildman–Crippen MR) is 417 cm³/mol. The molecule has 0 aliphatic heterocycles. The standard InChI is InChI=1S/C88H155NO8/c1-6-8-10-12-14-16-18-20-22-24-26-28-30-32-34-36-38-40-41-42-43-44-45-47-48-50-52-54-56-58-60-62-64-66-68-70-72-74-76-78-85(90)95-82-84(83-96-88(87(92)93)94-81-80-89(3,4)5)97-86(91)79-77-75-73-71-69-67-65-63-61-59-57-55-53-51-49-46-39-37-35-33-31-29-27-25-23-21-19-17-15-13-11-9-7-2/h9,11,15,17-18,20-21,23-24,26-27,29-30,32-33,35,39,46,84,88H,6-8,10,12-14,16,19,22,25,28,31,34,36-38,40-45,47-83H2,1-5H3/b11-9-,17-15-,20-18-,23-21-,26-24-,29-27-,32-30-,35-33-,46-39-. The number of carboxylic acids is 1. The van der Waals surface area contributed by atoms with E-state index in [2.05, 4.69) is 123 Å². The molecule has 0 aromatic rings. The van der Waals surface area contributed by atoms with Gasteiger partial charge in [-0.15, -0.1) is 0 Å². The molecule has 0 saturated carbocycles. The highest BCUT2D eigenvalue weighted by Crippen LogP contribution is 2.19. The molecule has 0 rings (SSSR count). The molecule has 0 N–H and O–H groups in total. The van der Waals surface area contributed by atoms with Gasteiger partial charge in [0.15, 0.2) is 12.4 Å². The molecule has 560 valence electrons. The van der Waals surface area contributed by atoms with Gasteiger partial charge in [-0.05, 0) is 103 Å². The first-order valence-corrected chi connectivity index (χ1v) is 41.0. The van der Waals surface area contributed by atoms with Gasteiger partial charge in [-0.1, -0.05) is 367 Å². The van der Waals surface area contributed by atoms with Crippen LogP contribution < -0.4 is 5.11 Å². The topological polar surface area (TPSA) is 111 Å². The lowest BCUT2D eigenvalue weighted by Gasteiger charge is -2.26. The van der Waals surface area contributed by atoms with Gasteiger partial charge in [0.1, 0.15) is 13.2 Å². The highest BCUT2D eigenvalue weighted by atomic mass is 16.7. The predicted octanol–water partition coefficient (Wildman–Crippen LogP) is 25.1. The van der Waals surface area contributed by atoms with Crippen LogP contribution in [-0.4, -0.2) is 82.3 Å². The summed E-state index contributed by atoms with van der Waals surface area (Å²) in [5.41, 5.74) is 0. The molecule has 0 aliphatic carbocycles. The Hall–Kier alpha value is -4.05. The molecule has 0 saturated heterocycles. The van der Waals surface area contributed by atoms with Gasteiger partial charge in [-0.25, -0.2) is 0 Å². The fourth-order valence-corrected chi connectivity index (χ4v) is 11.8. The Morgan fingerprint density at radius 3 is 0.876 bits per heavy atom. The van der Waals surface area contributed by atoms with Crippen molar-refractivity contribution in [3.8, 4) is 0 Å². The first-order chi connectivity index (χ1) is 47.6. The number of nitrogens with zero attached hydrogens (tertiary/aromatic N) is 1. The molecule has 0 radical (unpaired) electrons. The van der Waals surface area contributed by atoms with Crippen molar-refractivity contribution in [1.29, 1.82) is 0 Å². The van der Waals surface area contributed by atoms with E-state index in [9.17, 15) is 19.5 Å². The van der Waals surface area contributed by atoms with E-state index < -0.39 is 24.3 Å². The van der Waals surface area contributed by atoms with Crippen LogP contribution in [0.4, 0.5) is 0 Å². The Bertz CT molecular complexity index is 1970. The van der Waals surface area contributed by atoms with Gasteiger partial charge in [0.25, 0.3) is 0 Å². The van der Waals surface area contributed by atoms with E-state index in [-0.39, 0.29) is 32.2 Å². The third kappa shape index (κ3) is 79.2. The van der Waals surface area contributed by atoms with E-state index in [0.29, 0.717) is 23.9 Å². The highest BCUT2D eigenvalue weighted by molar-refractivity contribution is 5.70. The van der Waals surface area contributed by atoms with E-state index in [4.69, 9.17) is 18.9 Å². The molecule has 0 bridgehead atoms. The van der Waals surface area contributed by atoms with Crippen molar-refractivity contribution in [2.24, 2.45) is 0 Å². The minimum absolute atomic E-state index is 0.146. The molecular weight excluding hydrogens is 1200 g/mol. The summed E-state index contributed by atoms with van der Waals surface area (Å²) < 4.78 is 22.9. The number of esters is 2. The molecule has 97 heavy (non-hydrogen) atoms. The third-order valence-corrected chi connectivity index (χ3v) is 18.0. The van der Waals surface area contributed by atoms with Gasteiger partial charge < -0.3 is 33.3 Å². The van der Waals surface area contributed by atoms with Gasteiger partial charge in [0, 0.05) is 12.8 Å². The molecule has 0 aliphatic rings. The van der Waals surface area contributed by atoms with Crippen molar-refractivity contribution in [2.45, 2.75) is 386 Å². The lowest BCUT2D eigenvalue weighted by molar-refractivity contribution is -0.870. The number of carbonyl (C=O) groups excluding carboxylic acids is 3. The lowest BCUT2D eigenvalue weighted by Crippen LogP contribution is -2.44. The zero-order valence-corrected chi connectivity index (χ0v) is 64.2. The number of unbranched alkanes of at least 4 members (excludes halogenated alkanes) is 43. The second-order valence-electron chi connectivity index (χ2n) is 28.7. The maximum Gasteiger partial charge on any atom is 0.306 e. The quantitative estimate of drug-likeness (QED) is 0.0195. The Morgan fingerprint density at radius 2 is 0.588 bits per heavy atom. The van der Waals surface area contributed by atoms with Crippen LogP contribution in [0.15, 0.2) is 109 Å². The first-order valence-electron chi connectivity index (χ1n) is 41.0. The van der Waals surface area contributed by atoms with Crippen molar-refractivity contribution in [1.82, 2.24) is 0 Å². The molecule has 0 fully saturated rings. The molecule has 0 amide bonds. The molecule has 0 aromatic carbocycles. The summed E-state index contributed by atoms with van der Waals surface area (Å²) in [7, 11) is 5.94. The number of likely N-dealkylation sites (N-methyl/N-ethyl adjacent to an activating group) is 1. The number of quaternary nitrogens is 1. The van der Waals surface area contributed by atoms with Crippen LogP contribution in [0.5, 0.6) is 0 Å². The van der Waals surface area contributed by atoms with Crippen molar-refractivity contribution >= 4 is 17.9 Å². The highest BCUT2D eigenvalue weighted by Gasteiger charge is 2.22. The van der Waals surface area contributed by atoms with E-state index in [1.54, 1.807) is 0 Å². The summed E-state index contributed by atoms with van der Waals surface area (Å²) in [5.74, 6) is -2.27. The third-order valence-electron chi connectivity index (χ3n) is 18.0. The zero-order chi connectivity index (χ0) is 70.4. The molecular formula is C88H155NO8. The number of ether oxygens (including phenoxy) is 4. The molecule has 0 heterocycles.